The monoisotopic (exact) mass is 260 g/mol. The third-order valence-corrected chi connectivity index (χ3v) is 4.88. The number of hydrogen-bond acceptors (Lipinski definition) is 4. The zero-order chi connectivity index (χ0) is 12.4. The Kier molecular flexibility index (Phi) is 4.40. The third kappa shape index (κ3) is 3.60. The van der Waals surface area contributed by atoms with Gasteiger partial charge < -0.3 is 14.6 Å². The average Bonchev–Trinajstić information content (AvgIpc) is 2.75. The van der Waals surface area contributed by atoms with Crippen molar-refractivity contribution >= 4 is 11.8 Å². The maximum absolute atomic E-state index is 9.22. The summed E-state index contributed by atoms with van der Waals surface area (Å²) in [6, 6.07) is 0. The van der Waals surface area contributed by atoms with Crippen LogP contribution in [0.5, 0.6) is 0 Å². The normalized spacial score (nSPS) is 34.4. The van der Waals surface area contributed by atoms with E-state index in [0.717, 1.165) is 25.2 Å². The maximum atomic E-state index is 9.22. The number of aliphatic hydroxyl groups excluding tert-OH is 1. The lowest BCUT2D eigenvalue weighted by molar-refractivity contribution is -0.132. The van der Waals surface area contributed by atoms with Crippen LogP contribution >= 0.6 is 11.8 Å². The van der Waals surface area contributed by atoms with Gasteiger partial charge in [0.25, 0.3) is 0 Å². The fraction of sp³-hybridized carbons (Fsp3) is 1.00. The van der Waals surface area contributed by atoms with Crippen LogP contribution in [0.1, 0.15) is 33.1 Å². The lowest BCUT2D eigenvalue weighted by Crippen LogP contribution is -2.43. The topological polar surface area (TPSA) is 38.7 Å². The van der Waals surface area contributed by atoms with Crippen molar-refractivity contribution in [2.24, 2.45) is 5.41 Å². The smallest absolute Gasteiger partial charge is 0.0805 e. The predicted octanol–water partition coefficient (Wildman–Crippen LogP) is 2.08. The van der Waals surface area contributed by atoms with Crippen LogP contribution < -0.4 is 0 Å². The SMILES string of the molecule is CC(C)(CO)COC1CCOC2(CCSC2)C1. The second-order valence-corrected chi connectivity index (χ2v) is 7.19. The van der Waals surface area contributed by atoms with Crippen molar-refractivity contribution in [1.29, 1.82) is 0 Å². The summed E-state index contributed by atoms with van der Waals surface area (Å²) in [6.45, 7) is 5.71. The minimum absolute atomic E-state index is 0.0942. The van der Waals surface area contributed by atoms with E-state index < -0.39 is 0 Å². The number of ether oxygens (including phenoxy) is 2. The summed E-state index contributed by atoms with van der Waals surface area (Å²) in [6.07, 6.45) is 3.50. The van der Waals surface area contributed by atoms with Gasteiger partial charge in [-0.15, -0.1) is 0 Å². The standard InChI is InChI=1S/C13H24O3S/c1-12(2,8-14)9-15-11-3-5-16-13(7-11)4-6-17-10-13/h11,14H,3-10H2,1-2H3. The van der Waals surface area contributed by atoms with Crippen LogP contribution in [0.15, 0.2) is 0 Å². The van der Waals surface area contributed by atoms with E-state index in [4.69, 9.17) is 9.47 Å². The first kappa shape index (κ1) is 13.7. The molecule has 2 aliphatic heterocycles. The lowest BCUT2D eigenvalue weighted by Gasteiger charge is -2.38. The van der Waals surface area contributed by atoms with Crippen LogP contribution in [-0.4, -0.2) is 48.1 Å². The summed E-state index contributed by atoms with van der Waals surface area (Å²) in [7, 11) is 0. The van der Waals surface area contributed by atoms with Gasteiger partial charge in [0.2, 0.25) is 0 Å². The Hall–Kier alpha value is 0.230. The van der Waals surface area contributed by atoms with E-state index in [1.54, 1.807) is 0 Å². The first-order chi connectivity index (χ1) is 8.05. The van der Waals surface area contributed by atoms with Gasteiger partial charge in [-0.2, -0.15) is 11.8 Å². The highest BCUT2D eigenvalue weighted by molar-refractivity contribution is 7.99. The molecule has 4 heteroatoms. The van der Waals surface area contributed by atoms with Gasteiger partial charge in [0.15, 0.2) is 0 Å². The van der Waals surface area contributed by atoms with Crippen LogP contribution in [0.3, 0.4) is 0 Å². The van der Waals surface area contributed by atoms with Crippen LogP contribution in [0.4, 0.5) is 0 Å². The fourth-order valence-electron chi connectivity index (χ4n) is 2.38. The van der Waals surface area contributed by atoms with Gasteiger partial charge in [-0.1, -0.05) is 13.8 Å². The van der Waals surface area contributed by atoms with E-state index >= 15 is 0 Å². The molecule has 2 heterocycles. The summed E-state index contributed by atoms with van der Waals surface area (Å²) >= 11 is 1.99. The van der Waals surface area contributed by atoms with Crippen molar-refractivity contribution in [2.45, 2.75) is 44.8 Å². The summed E-state index contributed by atoms with van der Waals surface area (Å²) in [5.74, 6) is 2.34. The molecule has 0 aromatic carbocycles. The fourth-order valence-corrected chi connectivity index (χ4v) is 3.76. The Labute approximate surface area is 108 Å². The Balaban J connectivity index is 1.81. The summed E-state index contributed by atoms with van der Waals surface area (Å²) in [5, 5.41) is 9.22. The van der Waals surface area contributed by atoms with Crippen molar-refractivity contribution in [2.75, 3.05) is 31.3 Å². The summed E-state index contributed by atoms with van der Waals surface area (Å²) < 4.78 is 11.9. The van der Waals surface area contributed by atoms with E-state index in [1.165, 1.54) is 12.2 Å². The van der Waals surface area contributed by atoms with Crippen molar-refractivity contribution in [3.05, 3.63) is 0 Å². The van der Waals surface area contributed by atoms with Crippen molar-refractivity contribution in [3.8, 4) is 0 Å². The molecule has 2 fully saturated rings. The predicted molar refractivity (Wildman–Crippen MR) is 70.5 cm³/mol. The number of aliphatic hydroxyl groups is 1. The Bertz CT molecular complexity index is 249. The molecule has 2 rings (SSSR count). The molecule has 2 unspecified atom stereocenters. The minimum atomic E-state index is -0.129. The number of thioether (sulfide) groups is 1. The number of hydrogen-bond donors (Lipinski definition) is 1. The molecule has 17 heavy (non-hydrogen) atoms. The molecule has 0 aromatic rings. The van der Waals surface area contributed by atoms with Crippen molar-refractivity contribution in [1.82, 2.24) is 0 Å². The van der Waals surface area contributed by atoms with Gasteiger partial charge in [0.1, 0.15) is 0 Å². The molecule has 1 N–H and O–H groups in total. The highest BCUT2D eigenvalue weighted by atomic mass is 32.2. The van der Waals surface area contributed by atoms with E-state index in [1.807, 2.05) is 25.6 Å². The van der Waals surface area contributed by atoms with Crippen LogP contribution in [-0.2, 0) is 9.47 Å². The van der Waals surface area contributed by atoms with Crippen LogP contribution in [0.25, 0.3) is 0 Å². The molecule has 1 spiro atoms. The van der Waals surface area contributed by atoms with Crippen LogP contribution in [0.2, 0.25) is 0 Å². The Morgan fingerprint density at radius 3 is 3.00 bits per heavy atom. The molecule has 3 nitrogen and oxygen atoms in total. The minimum Gasteiger partial charge on any atom is -0.396 e. The van der Waals surface area contributed by atoms with E-state index in [2.05, 4.69) is 0 Å². The highest BCUT2D eigenvalue weighted by Crippen LogP contribution is 2.39. The quantitative estimate of drug-likeness (QED) is 0.840. The highest BCUT2D eigenvalue weighted by Gasteiger charge is 2.41. The van der Waals surface area contributed by atoms with E-state index in [-0.39, 0.29) is 17.6 Å². The molecule has 100 valence electrons. The van der Waals surface area contributed by atoms with Gasteiger partial charge in [-0.3, -0.25) is 0 Å². The molecular weight excluding hydrogens is 236 g/mol. The van der Waals surface area contributed by atoms with Gasteiger partial charge in [-0.25, -0.2) is 0 Å². The molecule has 2 atom stereocenters. The Morgan fingerprint density at radius 2 is 2.35 bits per heavy atom. The van der Waals surface area contributed by atoms with E-state index in [9.17, 15) is 5.11 Å². The van der Waals surface area contributed by atoms with Gasteiger partial charge in [-0.05, 0) is 18.6 Å². The molecule has 0 saturated carbocycles. The molecule has 0 radical (unpaired) electrons. The molecule has 0 amide bonds. The second-order valence-electron chi connectivity index (χ2n) is 6.08. The summed E-state index contributed by atoms with van der Waals surface area (Å²) in [4.78, 5) is 0. The van der Waals surface area contributed by atoms with Gasteiger partial charge >= 0.3 is 0 Å². The van der Waals surface area contributed by atoms with Crippen LogP contribution in [0, 0.1) is 5.41 Å². The largest absolute Gasteiger partial charge is 0.396 e. The first-order valence-electron chi connectivity index (χ1n) is 6.50. The van der Waals surface area contributed by atoms with E-state index in [0.29, 0.717) is 12.7 Å². The van der Waals surface area contributed by atoms with Crippen molar-refractivity contribution < 1.29 is 14.6 Å². The zero-order valence-electron chi connectivity index (χ0n) is 10.9. The van der Waals surface area contributed by atoms with Gasteiger partial charge in [0.05, 0.1) is 24.9 Å². The van der Waals surface area contributed by atoms with Crippen molar-refractivity contribution in [3.63, 3.8) is 0 Å². The maximum Gasteiger partial charge on any atom is 0.0805 e. The Morgan fingerprint density at radius 1 is 1.53 bits per heavy atom. The molecule has 0 aromatic heterocycles. The first-order valence-corrected chi connectivity index (χ1v) is 7.65. The molecular formula is C13H24O3S. The zero-order valence-corrected chi connectivity index (χ0v) is 11.7. The molecule has 2 saturated heterocycles. The molecule has 2 aliphatic rings. The average molecular weight is 260 g/mol. The molecule has 0 aliphatic carbocycles. The number of rotatable bonds is 4. The lowest BCUT2D eigenvalue weighted by atomic mass is 9.91. The second kappa shape index (κ2) is 5.47. The third-order valence-electron chi connectivity index (χ3n) is 3.65. The molecule has 0 bridgehead atoms. The van der Waals surface area contributed by atoms with Gasteiger partial charge in [0, 0.05) is 24.2 Å². The summed E-state index contributed by atoms with van der Waals surface area (Å²) in [5.41, 5.74) is -0.0349.